The molecule has 0 aliphatic heterocycles. The van der Waals surface area contributed by atoms with Crippen molar-refractivity contribution in [3.05, 3.63) is 0 Å². The third-order valence-corrected chi connectivity index (χ3v) is 3.18. The molecule has 5 heteroatoms. The van der Waals surface area contributed by atoms with Crippen molar-refractivity contribution in [2.75, 3.05) is 7.11 Å². The van der Waals surface area contributed by atoms with E-state index in [4.69, 9.17) is 5.26 Å². The van der Waals surface area contributed by atoms with Gasteiger partial charge in [-0.15, -0.1) is 0 Å². The van der Waals surface area contributed by atoms with Crippen molar-refractivity contribution in [1.82, 2.24) is 5.32 Å². The van der Waals surface area contributed by atoms with E-state index in [1.54, 1.807) is 6.92 Å². The number of hydrogen-bond donors (Lipinski definition) is 1. The molecule has 94 valence electrons. The Bertz CT molecular complexity index is 340. The molecule has 1 N–H and O–H groups in total. The first-order valence-corrected chi connectivity index (χ1v) is 5.83. The Balaban J connectivity index is 2.54. The van der Waals surface area contributed by atoms with Gasteiger partial charge < -0.3 is 10.1 Å². The lowest BCUT2D eigenvalue weighted by molar-refractivity contribution is -0.141. The van der Waals surface area contributed by atoms with Crippen LogP contribution in [0.15, 0.2) is 0 Å². The molecule has 0 saturated heterocycles. The Hall–Kier alpha value is -1.57. The van der Waals surface area contributed by atoms with E-state index in [0.29, 0.717) is 12.8 Å². The van der Waals surface area contributed by atoms with Crippen molar-refractivity contribution in [2.24, 2.45) is 5.41 Å². The summed E-state index contributed by atoms with van der Waals surface area (Å²) < 4.78 is 4.52. The summed E-state index contributed by atoms with van der Waals surface area (Å²) in [5.74, 6) is -0.621. The van der Waals surface area contributed by atoms with Crippen LogP contribution in [0.1, 0.15) is 39.0 Å². The largest absolute Gasteiger partial charge is 0.469 e. The minimum atomic E-state index is -0.885. The second-order valence-electron chi connectivity index (χ2n) is 4.56. The van der Waals surface area contributed by atoms with Gasteiger partial charge in [0.15, 0.2) is 0 Å². The lowest BCUT2D eigenvalue weighted by Crippen LogP contribution is -2.43. The number of carbonyl (C=O) groups excluding carboxylic acids is 2. The zero-order valence-corrected chi connectivity index (χ0v) is 10.3. The first-order chi connectivity index (χ1) is 8.04. The average Bonchev–Trinajstić information content (AvgIpc) is 2.78. The summed E-state index contributed by atoms with van der Waals surface area (Å²) in [6.07, 6.45) is 3.17. The highest BCUT2D eigenvalue weighted by atomic mass is 16.5. The van der Waals surface area contributed by atoms with E-state index in [9.17, 15) is 9.59 Å². The fourth-order valence-electron chi connectivity index (χ4n) is 2.11. The van der Waals surface area contributed by atoms with Crippen molar-refractivity contribution >= 4 is 11.9 Å². The van der Waals surface area contributed by atoms with Crippen molar-refractivity contribution in [3.8, 4) is 6.07 Å². The molecule has 1 atom stereocenters. The van der Waals surface area contributed by atoms with Crippen LogP contribution in [0.4, 0.5) is 0 Å². The summed E-state index contributed by atoms with van der Waals surface area (Å²) >= 11 is 0. The molecule has 0 heterocycles. The van der Waals surface area contributed by atoms with E-state index in [1.807, 2.05) is 0 Å². The van der Waals surface area contributed by atoms with Gasteiger partial charge in [0, 0.05) is 6.04 Å². The maximum absolute atomic E-state index is 12.0. The van der Waals surface area contributed by atoms with E-state index < -0.39 is 5.41 Å². The standard InChI is InChI=1S/C12H18N2O3/c1-9(7-10(15)17-2)14-11(16)12(8-13)5-3-4-6-12/h9H,3-7H2,1-2H3,(H,14,16)/t9-/m1/s1. The van der Waals surface area contributed by atoms with Crippen LogP contribution in [0, 0.1) is 16.7 Å². The minimum Gasteiger partial charge on any atom is -0.469 e. The van der Waals surface area contributed by atoms with Gasteiger partial charge in [-0.2, -0.15) is 5.26 Å². The molecule has 5 nitrogen and oxygen atoms in total. The van der Waals surface area contributed by atoms with Crippen LogP contribution in [-0.2, 0) is 14.3 Å². The summed E-state index contributed by atoms with van der Waals surface area (Å²) in [7, 11) is 1.31. The fourth-order valence-corrected chi connectivity index (χ4v) is 2.11. The van der Waals surface area contributed by atoms with Gasteiger partial charge in [0.25, 0.3) is 0 Å². The van der Waals surface area contributed by atoms with E-state index in [0.717, 1.165) is 12.8 Å². The molecular weight excluding hydrogens is 220 g/mol. The Morgan fingerprint density at radius 2 is 2.06 bits per heavy atom. The van der Waals surface area contributed by atoms with Crippen LogP contribution in [0.3, 0.4) is 0 Å². The number of nitrogens with zero attached hydrogens (tertiary/aromatic N) is 1. The van der Waals surface area contributed by atoms with Crippen LogP contribution in [0.2, 0.25) is 0 Å². The molecule has 1 amide bonds. The maximum Gasteiger partial charge on any atom is 0.307 e. The Labute approximate surface area is 101 Å². The first kappa shape index (κ1) is 13.5. The fraction of sp³-hybridized carbons (Fsp3) is 0.750. The normalized spacial score (nSPS) is 19.1. The van der Waals surface area contributed by atoms with Gasteiger partial charge in [-0.25, -0.2) is 0 Å². The van der Waals surface area contributed by atoms with Gasteiger partial charge in [-0.3, -0.25) is 9.59 Å². The second kappa shape index (κ2) is 5.67. The van der Waals surface area contributed by atoms with E-state index in [1.165, 1.54) is 7.11 Å². The van der Waals surface area contributed by atoms with Crippen molar-refractivity contribution in [2.45, 2.75) is 45.1 Å². The second-order valence-corrected chi connectivity index (χ2v) is 4.56. The Morgan fingerprint density at radius 3 is 2.53 bits per heavy atom. The molecule has 0 unspecified atom stereocenters. The lowest BCUT2D eigenvalue weighted by Gasteiger charge is -2.22. The van der Waals surface area contributed by atoms with Crippen LogP contribution in [0.5, 0.6) is 0 Å². The highest BCUT2D eigenvalue weighted by Gasteiger charge is 2.41. The molecule has 1 aliphatic rings. The quantitative estimate of drug-likeness (QED) is 0.745. The molecule has 0 radical (unpaired) electrons. The minimum absolute atomic E-state index is 0.129. The highest BCUT2D eigenvalue weighted by molar-refractivity contribution is 5.86. The number of esters is 1. The van der Waals surface area contributed by atoms with Gasteiger partial charge in [0.1, 0.15) is 5.41 Å². The van der Waals surface area contributed by atoms with Gasteiger partial charge >= 0.3 is 5.97 Å². The molecule has 0 aromatic carbocycles. The van der Waals surface area contributed by atoms with Crippen LogP contribution in [0.25, 0.3) is 0 Å². The Kier molecular flexibility index (Phi) is 4.50. The van der Waals surface area contributed by atoms with Crippen molar-refractivity contribution in [3.63, 3.8) is 0 Å². The van der Waals surface area contributed by atoms with Gasteiger partial charge in [-0.05, 0) is 19.8 Å². The summed E-state index contributed by atoms with van der Waals surface area (Å²) in [6, 6.07) is 1.82. The summed E-state index contributed by atoms with van der Waals surface area (Å²) in [4.78, 5) is 23.0. The van der Waals surface area contributed by atoms with Crippen LogP contribution >= 0.6 is 0 Å². The van der Waals surface area contributed by atoms with Crippen molar-refractivity contribution in [1.29, 1.82) is 5.26 Å². The number of carbonyl (C=O) groups is 2. The summed E-state index contributed by atoms with van der Waals surface area (Å²) in [5, 5.41) is 11.8. The molecular formula is C12H18N2O3. The molecule has 1 aliphatic carbocycles. The van der Waals surface area contributed by atoms with Gasteiger partial charge in [0.2, 0.25) is 5.91 Å². The average molecular weight is 238 g/mol. The van der Waals surface area contributed by atoms with Crippen molar-refractivity contribution < 1.29 is 14.3 Å². The van der Waals surface area contributed by atoms with E-state index in [2.05, 4.69) is 16.1 Å². The number of ether oxygens (including phenoxy) is 1. The molecule has 0 spiro atoms. The van der Waals surface area contributed by atoms with Gasteiger partial charge in [0.05, 0.1) is 19.6 Å². The highest BCUT2D eigenvalue weighted by Crippen LogP contribution is 2.37. The topological polar surface area (TPSA) is 79.2 Å². The molecule has 1 saturated carbocycles. The molecule has 0 aromatic heterocycles. The number of hydrogen-bond acceptors (Lipinski definition) is 4. The molecule has 1 rings (SSSR count). The van der Waals surface area contributed by atoms with E-state index >= 15 is 0 Å². The lowest BCUT2D eigenvalue weighted by atomic mass is 9.87. The number of rotatable bonds is 4. The molecule has 0 bridgehead atoms. The number of amides is 1. The predicted molar refractivity (Wildman–Crippen MR) is 60.8 cm³/mol. The third-order valence-electron chi connectivity index (χ3n) is 3.18. The zero-order chi connectivity index (χ0) is 12.9. The SMILES string of the molecule is COC(=O)C[C@@H](C)NC(=O)C1(C#N)CCCC1. The summed E-state index contributed by atoms with van der Waals surface area (Å²) in [6.45, 7) is 1.73. The van der Waals surface area contributed by atoms with Gasteiger partial charge in [-0.1, -0.05) is 12.8 Å². The molecule has 0 aromatic rings. The Morgan fingerprint density at radius 1 is 1.47 bits per heavy atom. The first-order valence-electron chi connectivity index (χ1n) is 5.83. The predicted octanol–water partition coefficient (Wildman–Crippen LogP) is 1.14. The monoisotopic (exact) mass is 238 g/mol. The number of nitriles is 1. The van der Waals surface area contributed by atoms with E-state index in [-0.39, 0.29) is 24.3 Å². The summed E-state index contributed by atoms with van der Waals surface area (Å²) in [5.41, 5.74) is -0.885. The maximum atomic E-state index is 12.0. The van der Waals surface area contributed by atoms with Crippen LogP contribution < -0.4 is 5.32 Å². The zero-order valence-electron chi connectivity index (χ0n) is 10.3. The smallest absolute Gasteiger partial charge is 0.307 e. The number of nitrogens with one attached hydrogen (secondary N) is 1. The number of methoxy groups -OCH3 is 1. The third kappa shape index (κ3) is 3.19. The molecule has 17 heavy (non-hydrogen) atoms. The van der Waals surface area contributed by atoms with Crippen LogP contribution in [-0.4, -0.2) is 25.0 Å². The molecule has 1 fully saturated rings.